The summed E-state index contributed by atoms with van der Waals surface area (Å²) in [6.07, 6.45) is 0.376. The number of imide groups is 1. The normalized spacial score (nSPS) is 16.7. The fraction of sp³-hybridized carbons (Fsp3) is 0.318. The molecule has 1 fully saturated rings. The Hall–Kier alpha value is -6.99. The number of methoxy groups -OCH3 is 2. The Morgan fingerprint density at radius 2 is 1.67 bits per heavy atom. The lowest BCUT2D eigenvalue weighted by atomic mass is 9.99. The van der Waals surface area contributed by atoms with Gasteiger partial charge in [0, 0.05) is 70.3 Å². The summed E-state index contributed by atoms with van der Waals surface area (Å²) in [5.41, 5.74) is 5.42. The van der Waals surface area contributed by atoms with Crippen LogP contribution in [0.25, 0.3) is 5.00 Å². The van der Waals surface area contributed by atoms with Gasteiger partial charge in [-0.25, -0.2) is 0 Å². The molecule has 18 nitrogen and oxygen atoms in total. The fourth-order valence-electron chi connectivity index (χ4n) is 7.81. The number of amides is 5. The first-order chi connectivity index (χ1) is 30.8. The second kappa shape index (κ2) is 18.4. The lowest BCUT2D eigenvalue weighted by Gasteiger charge is -2.29. The van der Waals surface area contributed by atoms with Crippen LogP contribution in [-0.4, -0.2) is 94.9 Å². The molecule has 20 heteroatoms. The number of fused-ring (bicyclic) bond motifs is 4. The molecule has 2 aromatic heterocycles. The minimum atomic E-state index is -0.764. The second-order valence-corrected chi connectivity index (χ2v) is 16.8. The molecule has 0 radical (unpaired) electrons. The second-order valence-electron chi connectivity index (χ2n) is 15.2. The minimum absolute atomic E-state index is 0.00914. The van der Waals surface area contributed by atoms with Crippen LogP contribution in [0.4, 0.5) is 11.4 Å². The number of carbonyl (C=O) groups excluding carboxylic acids is 5. The molecule has 5 amide bonds. The number of azo groups is 1. The number of nitrogens with one attached hydrogen (secondary N) is 3. The van der Waals surface area contributed by atoms with Gasteiger partial charge < -0.3 is 29.7 Å². The van der Waals surface area contributed by atoms with E-state index in [1.165, 1.54) is 19.1 Å². The predicted octanol–water partition coefficient (Wildman–Crippen LogP) is 5.69. The monoisotopic (exact) mass is 906 g/mol. The first kappa shape index (κ1) is 43.7. The first-order valence-electron chi connectivity index (χ1n) is 20.3. The highest BCUT2D eigenvalue weighted by Crippen LogP contribution is 2.43. The number of nitrogens with zero attached hydrogens (tertiary/aromatic N) is 7. The summed E-state index contributed by atoms with van der Waals surface area (Å²) in [6, 6.07) is 14.2. The number of aromatic nitrogens is 3. The number of piperidine rings is 1. The summed E-state index contributed by atoms with van der Waals surface area (Å²) in [6.45, 7) is 6.01. The number of benzene rings is 3. The maximum Gasteiger partial charge on any atom is 0.258 e. The molecule has 3 aromatic carbocycles. The van der Waals surface area contributed by atoms with Gasteiger partial charge in [0.05, 0.1) is 37.7 Å². The van der Waals surface area contributed by atoms with Gasteiger partial charge in [-0.1, -0.05) is 29.8 Å². The Balaban J connectivity index is 0.875. The van der Waals surface area contributed by atoms with Crippen LogP contribution < -0.4 is 30.2 Å². The Labute approximate surface area is 376 Å². The summed E-state index contributed by atoms with van der Waals surface area (Å²) in [7, 11) is 2.85. The fourth-order valence-corrected chi connectivity index (χ4v) is 9.15. The quantitative estimate of drug-likeness (QED) is 0.0702. The van der Waals surface area contributed by atoms with Gasteiger partial charge in [0.1, 0.15) is 22.9 Å². The van der Waals surface area contributed by atoms with Crippen molar-refractivity contribution in [2.45, 2.75) is 58.7 Å². The summed E-state index contributed by atoms with van der Waals surface area (Å²) in [4.78, 5) is 71.5. The van der Waals surface area contributed by atoms with E-state index in [4.69, 9.17) is 30.8 Å². The van der Waals surface area contributed by atoms with Crippen LogP contribution in [0, 0.1) is 20.8 Å². The van der Waals surface area contributed by atoms with E-state index in [2.05, 4.69) is 50.2 Å². The van der Waals surface area contributed by atoms with E-state index >= 15 is 0 Å². The van der Waals surface area contributed by atoms with Crippen molar-refractivity contribution in [2.24, 2.45) is 15.2 Å². The lowest BCUT2D eigenvalue weighted by molar-refractivity contribution is -0.137. The Morgan fingerprint density at radius 1 is 0.953 bits per heavy atom. The maximum absolute atomic E-state index is 13.4. The molecule has 3 aliphatic rings. The third-order valence-corrected chi connectivity index (χ3v) is 12.6. The van der Waals surface area contributed by atoms with Crippen LogP contribution >= 0.6 is 22.9 Å². The molecule has 3 aliphatic heterocycles. The summed E-state index contributed by atoms with van der Waals surface area (Å²) >= 11 is 7.86. The third-order valence-electron chi connectivity index (χ3n) is 11.1. The predicted molar refractivity (Wildman–Crippen MR) is 236 cm³/mol. The summed E-state index contributed by atoms with van der Waals surface area (Å²) in [5.74, 6) is -0.0923. The molecule has 8 rings (SSSR count). The molecular weight excluding hydrogens is 864 g/mol. The SMILES string of the molecule is COc1cc(N=Nc2cccc3c2CN(C2CCC(=O)NC2=O)C3=O)cc(OC)c1OCC(=O)NCCNC(=O)CC1N=C(c2ccc(Cl)cc2)c2c(sc(C)c2C)-n2c(C)nnc21. The zero-order valence-corrected chi connectivity index (χ0v) is 37.1. The van der Waals surface area contributed by atoms with Crippen LogP contribution in [0.1, 0.15) is 74.4 Å². The zero-order valence-electron chi connectivity index (χ0n) is 35.5. The number of aryl methyl sites for hydroxylation is 2. The molecule has 5 heterocycles. The van der Waals surface area contributed by atoms with Gasteiger partial charge in [-0.15, -0.1) is 21.5 Å². The van der Waals surface area contributed by atoms with Crippen LogP contribution in [0.5, 0.6) is 17.2 Å². The molecule has 2 unspecified atom stereocenters. The Morgan fingerprint density at radius 3 is 2.38 bits per heavy atom. The smallest absolute Gasteiger partial charge is 0.258 e. The van der Waals surface area contributed by atoms with E-state index < -0.39 is 30.5 Å². The number of aliphatic imine (C=N–C) groups is 1. The number of thiophene rings is 1. The van der Waals surface area contributed by atoms with Crippen molar-refractivity contribution in [3.8, 4) is 22.2 Å². The summed E-state index contributed by atoms with van der Waals surface area (Å²) in [5, 5.41) is 27.1. The minimum Gasteiger partial charge on any atom is -0.493 e. The summed E-state index contributed by atoms with van der Waals surface area (Å²) < 4.78 is 18.9. The van der Waals surface area contributed by atoms with Crippen molar-refractivity contribution in [3.05, 3.63) is 104 Å². The molecule has 0 bridgehead atoms. The number of carbonyl (C=O) groups is 5. The van der Waals surface area contributed by atoms with Gasteiger partial charge in [-0.05, 0) is 57.0 Å². The molecule has 330 valence electrons. The number of halogens is 1. The van der Waals surface area contributed by atoms with Crippen molar-refractivity contribution in [1.29, 1.82) is 0 Å². The highest BCUT2D eigenvalue weighted by molar-refractivity contribution is 7.15. The van der Waals surface area contributed by atoms with Gasteiger partial charge >= 0.3 is 0 Å². The van der Waals surface area contributed by atoms with E-state index in [-0.39, 0.29) is 73.9 Å². The average Bonchev–Trinajstić information content (AvgIpc) is 3.90. The van der Waals surface area contributed by atoms with Crippen LogP contribution in [0.15, 0.2) is 69.8 Å². The Bertz CT molecular complexity index is 2740. The maximum atomic E-state index is 13.4. The molecule has 1 saturated heterocycles. The molecular formula is C44H43ClN10O8S. The van der Waals surface area contributed by atoms with Crippen molar-refractivity contribution in [3.63, 3.8) is 0 Å². The van der Waals surface area contributed by atoms with Crippen molar-refractivity contribution in [2.75, 3.05) is 33.9 Å². The van der Waals surface area contributed by atoms with E-state index in [1.807, 2.05) is 35.8 Å². The van der Waals surface area contributed by atoms with E-state index in [1.54, 1.807) is 41.7 Å². The van der Waals surface area contributed by atoms with Gasteiger partial charge in [-0.3, -0.25) is 38.8 Å². The zero-order chi connectivity index (χ0) is 45.2. The number of hydrogen-bond acceptors (Lipinski definition) is 14. The van der Waals surface area contributed by atoms with Crippen molar-refractivity contribution < 1.29 is 38.2 Å². The standard InChI is InChI=1S/C44H43ClN10O8S/c1-22-23(2)64-44-38(22)39(25-9-11-26(45)12-10-25)48-31(41-53-50-24(3)55(41)44)19-36(57)46-15-16-47-37(58)21-63-40-33(61-4)17-27(18-34(40)62-5)51-52-30-8-6-7-28-29(30)20-54(43(28)60)32-13-14-35(56)49-42(32)59/h6-12,17-18,31-32H,13-16,19-21H2,1-5H3,(H,46,57)(H,47,58)(H,49,56,59). The Kier molecular flexibility index (Phi) is 12.5. The van der Waals surface area contributed by atoms with Crippen LogP contribution in [0.3, 0.4) is 0 Å². The third kappa shape index (κ3) is 8.67. The van der Waals surface area contributed by atoms with Crippen molar-refractivity contribution in [1.82, 2.24) is 35.6 Å². The lowest BCUT2D eigenvalue weighted by Crippen LogP contribution is -2.52. The van der Waals surface area contributed by atoms with E-state index in [0.717, 1.165) is 32.3 Å². The molecule has 3 N–H and O–H groups in total. The molecule has 0 saturated carbocycles. The highest BCUT2D eigenvalue weighted by atomic mass is 35.5. The van der Waals surface area contributed by atoms with Crippen LogP contribution in [-0.2, 0) is 25.7 Å². The van der Waals surface area contributed by atoms with Gasteiger partial charge in [0.15, 0.2) is 23.9 Å². The van der Waals surface area contributed by atoms with Gasteiger partial charge in [0.25, 0.3) is 11.8 Å². The topological polar surface area (TPSA) is 220 Å². The van der Waals surface area contributed by atoms with Gasteiger partial charge in [-0.2, -0.15) is 10.2 Å². The molecule has 0 aliphatic carbocycles. The number of rotatable bonds is 14. The van der Waals surface area contributed by atoms with Gasteiger partial charge in [0.2, 0.25) is 23.5 Å². The first-order valence-corrected chi connectivity index (χ1v) is 21.5. The largest absolute Gasteiger partial charge is 0.493 e. The highest BCUT2D eigenvalue weighted by Gasteiger charge is 2.40. The average molecular weight is 907 g/mol. The molecule has 64 heavy (non-hydrogen) atoms. The van der Waals surface area contributed by atoms with E-state index in [9.17, 15) is 24.0 Å². The molecule has 0 spiro atoms. The molecule has 2 atom stereocenters. The number of ether oxygens (including phenoxy) is 3. The van der Waals surface area contributed by atoms with E-state index in [0.29, 0.717) is 39.2 Å². The molecule has 5 aromatic rings. The number of hydrogen-bond donors (Lipinski definition) is 3. The van der Waals surface area contributed by atoms with Crippen molar-refractivity contribution >= 4 is 69.6 Å². The van der Waals surface area contributed by atoms with Crippen LogP contribution in [0.2, 0.25) is 5.02 Å².